The molecular weight excluding hydrogens is 246 g/mol. The Labute approximate surface area is 82.7 Å². The van der Waals surface area contributed by atoms with Crippen LogP contribution in [0.4, 0.5) is 4.39 Å². The molecule has 0 fully saturated rings. The normalized spacial score (nSPS) is 10.0. The van der Waals surface area contributed by atoms with Gasteiger partial charge in [-0.2, -0.15) is 0 Å². The smallest absolute Gasteiger partial charge is 0.252 e. The number of halogens is 3. The summed E-state index contributed by atoms with van der Waals surface area (Å²) in [5, 5.41) is -0.640. The zero-order valence-electron chi connectivity index (χ0n) is 6.20. The van der Waals surface area contributed by atoms with Crippen molar-refractivity contribution < 1.29 is 9.18 Å². The average Bonchev–Trinajstić information content (AvgIpc) is 1.96. The van der Waals surface area contributed by atoms with E-state index in [4.69, 9.17) is 11.6 Å². The van der Waals surface area contributed by atoms with E-state index in [1.807, 2.05) is 0 Å². The summed E-state index contributed by atoms with van der Waals surface area (Å²) in [6.07, 6.45) is 0. The lowest BCUT2D eigenvalue weighted by molar-refractivity contribution is 0.108. The number of aryl methyl sites for hydroxylation is 1. The van der Waals surface area contributed by atoms with Gasteiger partial charge in [-0.15, -0.1) is 0 Å². The van der Waals surface area contributed by atoms with Crippen LogP contribution in [0.15, 0.2) is 16.6 Å². The SMILES string of the molecule is Cc1cc(Br)c(F)cc1C(=O)Cl. The standard InChI is InChI=1S/C8H5BrClFO/c1-4-2-6(9)7(11)3-5(4)8(10)12/h2-3H,1H3. The zero-order valence-corrected chi connectivity index (χ0v) is 8.54. The summed E-state index contributed by atoms with van der Waals surface area (Å²) in [4.78, 5) is 10.7. The summed E-state index contributed by atoms with van der Waals surface area (Å²) in [6, 6.07) is 2.64. The molecule has 0 spiro atoms. The maximum absolute atomic E-state index is 12.9. The van der Waals surface area contributed by atoms with Crippen LogP contribution in [0.3, 0.4) is 0 Å². The van der Waals surface area contributed by atoms with Crippen LogP contribution in [0.5, 0.6) is 0 Å². The number of hydrogen-bond donors (Lipinski definition) is 0. The number of benzene rings is 1. The summed E-state index contributed by atoms with van der Waals surface area (Å²) in [7, 11) is 0. The summed E-state index contributed by atoms with van der Waals surface area (Å²) in [5.74, 6) is -0.482. The highest BCUT2D eigenvalue weighted by molar-refractivity contribution is 9.10. The maximum atomic E-state index is 12.9. The van der Waals surface area contributed by atoms with Gasteiger partial charge in [0.15, 0.2) is 0 Å². The van der Waals surface area contributed by atoms with Crippen LogP contribution < -0.4 is 0 Å². The highest BCUT2D eigenvalue weighted by atomic mass is 79.9. The Balaban J connectivity index is 3.33. The molecule has 0 amide bonds. The van der Waals surface area contributed by atoms with Gasteiger partial charge in [-0.3, -0.25) is 4.79 Å². The van der Waals surface area contributed by atoms with Crippen molar-refractivity contribution in [1.82, 2.24) is 0 Å². The lowest BCUT2D eigenvalue weighted by Crippen LogP contribution is -1.95. The summed E-state index contributed by atoms with van der Waals surface area (Å²) >= 11 is 8.21. The Kier molecular flexibility index (Phi) is 2.85. The predicted octanol–water partition coefficient (Wildman–Crippen LogP) is 3.28. The Morgan fingerprint density at radius 3 is 2.67 bits per heavy atom. The van der Waals surface area contributed by atoms with Crippen molar-refractivity contribution in [1.29, 1.82) is 0 Å². The predicted molar refractivity (Wildman–Crippen MR) is 49.0 cm³/mol. The Morgan fingerprint density at radius 2 is 2.17 bits per heavy atom. The molecule has 64 valence electrons. The topological polar surface area (TPSA) is 17.1 Å². The van der Waals surface area contributed by atoms with Crippen molar-refractivity contribution in [2.75, 3.05) is 0 Å². The number of hydrogen-bond acceptors (Lipinski definition) is 1. The van der Waals surface area contributed by atoms with Gasteiger partial charge in [0.05, 0.1) is 4.47 Å². The molecule has 0 heterocycles. The molecule has 1 aromatic rings. The fraction of sp³-hybridized carbons (Fsp3) is 0.125. The van der Waals surface area contributed by atoms with Gasteiger partial charge in [0, 0.05) is 5.56 Å². The molecule has 0 aliphatic heterocycles. The van der Waals surface area contributed by atoms with Crippen LogP contribution in [-0.4, -0.2) is 5.24 Å². The molecule has 0 bridgehead atoms. The van der Waals surface area contributed by atoms with Gasteiger partial charge in [-0.25, -0.2) is 4.39 Å². The van der Waals surface area contributed by atoms with Crippen molar-refractivity contribution >= 4 is 32.8 Å². The van der Waals surface area contributed by atoms with Gasteiger partial charge >= 0.3 is 0 Å². The van der Waals surface area contributed by atoms with Gasteiger partial charge in [-0.05, 0) is 52.2 Å². The Bertz CT molecular complexity index is 338. The van der Waals surface area contributed by atoms with E-state index in [0.29, 0.717) is 10.0 Å². The minimum Gasteiger partial charge on any atom is -0.276 e. The molecule has 0 saturated heterocycles. The van der Waals surface area contributed by atoms with Gasteiger partial charge in [0.2, 0.25) is 0 Å². The van der Waals surface area contributed by atoms with Gasteiger partial charge in [0.1, 0.15) is 5.82 Å². The van der Waals surface area contributed by atoms with Crippen LogP contribution in [-0.2, 0) is 0 Å². The van der Waals surface area contributed by atoms with Crippen LogP contribution >= 0.6 is 27.5 Å². The molecule has 1 rings (SSSR count). The molecule has 0 N–H and O–H groups in total. The second kappa shape index (κ2) is 3.54. The van der Waals surface area contributed by atoms with Gasteiger partial charge in [0.25, 0.3) is 5.24 Å². The molecule has 0 aliphatic carbocycles. The van der Waals surface area contributed by atoms with Crippen molar-refractivity contribution in [2.24, 2.45) is 0 Å². The molecule has 0 aromatic heterocycles. The van der Waals surface area contributed by atoms with Gasteiger partial charge < -0.3 is 0 Å². The van der Waals surface area contributed by atoms with Crippen molar-refractivity contribution in [3.8, 4) is 0 Å². The third kappa shape index (κ3) is 1.84. The van der Waals surface area contributed by atoms with Crippen molar-refractivity contribution in [3.05, 3.63) is 33.5 Å². The van der Waals surface area contributed by atoms with Crippen LogP contribution in [0, 0.1) is 12.7 Å². The van der Waals surface area contributed by atoms with Crippen LogP contribution in [0.25, 0.3) is 0 Å². The molecular formula is C8H5BrClFO. The molecule has 0 radical (unpaired) electrons. The van der Waals surface area contributed by atoms with Crippen LogP contribution in [0.2, 0.25) is 0 Å². The number of carbonyl (C=O) groups excluding carboxylic acids is 1. The highest BCUT2D eigenvalue weighted by Crippen LogP contribution is 2.21. The minimum absolute atomic E-state index is 0.206. The maximum Gasteiger partial charge on any atom is 0.252 e. The van der Waals surface area contributed by atoms with E-state index in [2.05, 4.69) is 15.9 Å². The molecule has 1 aromatic carbocycles. The molecule has 0 unspecified atom stereocenters. The summed E-state index contributed by atoms with van der Waals surface area (Å²) in [5.41, 5.74) is 0.862. The van der Waals surface area contributed by atoms with Crippen LogP contribution in [0.1, 0.15) is 15.9 Å². The quantitative estimate of drug-likeness (QED) is 0.700. The molecule has 4 heteroatoms. The third-order valence-electron chi connectivity index (χ3n) is 1.48. The third-order valence-corrected chi connectivity index (χ3v) is 2.29. The lowest BCUT2D eigenvalue weighted by Gasteiger charge is -2.01. The van der Waals surface area contributed by atoms with Gasteiger partial charge in [-0.1, -0.05) is 0 Å². The molecule has 0 aliphatic rings. The Morgan fingerprint density at radius 1 is 1.58 bits per heavy atom. The second-order valence-corrected chi connectivity index (χ2v) is 3.55. The molecule has 0 atom stereocenters. The molecule has 0 saturated carbocycles. The fourth-order valence-electron chi connectivity index (χ4n) is 0.858. The second-order valence-electron chi connectivity index (χ2n) is 2.35. The first-order valence-electron chi connectivity index (χ1n) is 3.18. The summed E-state index contributed by atoms with van der Waals surface area (Å²) < 4.78 is 13.2. The first-order valence-corrected chi connectivity index (χ1v) is 4.35. The first kappa shape index (κ1) is 9.68. The minimum atomic E-state index is -0.640. The molecule has 12 heavy (non-hydrogen) atoms. The van der Waals surface area contributed by atoms with Crippen molar-refractivity contribution in [2.45, 2.75) is 6.92 Å². The van der Waals surface area contributed by atoms with E-state index in [0.717, 1.165) is 6.07 Å². The largest absolute Gasteiger partial charge is 0.276 e. The first-order chi connectivity index (χ1) is 5.52. The van der Waals surface area contributed by atoms with E-state index in [9.17, 15) is 9.18 Å². The summed E-state index contributed by atoms with van der Waals surface area (Å²) in [6.45, 7) is 1.69. The highest BCUT2D eigenvalue weighted by Gasteiger charge is 2.09. The van der Waals surface area contributed by atoms with E-state index >= 15 is 0 Å². The van der Waals surface area contributed by atoms with Crippen molar-refractivity contribution in [3.63, 3.8) is 0 Å². The average molecular weight is 251 g/mol. The monoisotopic (exact) mass is 250 g/mol. The van der Waals surface area contributed by atoms with E-state index in [1.54, 1.807) is 6.92 Å². The van der Waals surface area contributed by atoms with E-state index < -0.39 is 11.1 Å². The lowest BCUT2D eigenvalue weighted by atomic mass is 10.1. The molecule has 1 nitrogen and oxygen atoms in total. The zero-order chi connectivity index (χ0) is 9.30. The Hall–Kier alpha value is -0.410. The number of rotatable bonds is 1. The fourth-order valence-corrected chi connectivity index (χ4v) is 1.52. The number of carbonyl (C=O) groups is 1. The van der Waals surface area contributed by atoms with E-state index in [-0.39, 0.29) is 5.56 Å². The van der Waals surface area contributed by atoms with E-state index in [1.165, 1.54) is 6.07 Å².